The fourth-order valence-corrected chi connectivity index (χ4v) is 1.86. The van der Waals surface area contributed by atoms with Crippen molar-refractivity contribution in [3.63, 3.8) is 0 Å². The van der Waals surface area contributed by atoms with Gasteiger partial charge in [-0.15, -0.1) is 0 Å². The molecule has 0 bridgehead atoms. The van der Waals surface area contributed by atoms with E-state index < -0.39 is 23.9 Å². The van der Waals surface area contributed by atoms with Gasteiger partial charge in [0.05, 0.1) is 6.42 Å². The molecule has 1 atom stereocenters. The predicted octanol–water partition coefficient (Wildman–Crippen LogP) is 0.723. The van der Waals surface area contributed by atoms with Crippen LogP contribution in [0.3, 0.4) is 0 Å². The van der Waals surface area contributed by atoms with Crippen LogP contribution in [0.25, 0.3) is 0 Å². The highest BCUT2D eigenvalue weighted by molar-refractivity contribution is 6.30. The Hall–Kier alpha value is -2.28. The SMILES string of the molecule is CC(C)C(NC(N)=O)C(=O)NNC(=O)Cc1ccc(Cl)cc1. The third-order valence-corrected chi connectivity index (χ3v) is 3.10. The van der Waals surface area contributed by atoms with Crippen LogP contribution in [0.1, 0.15) is 19.4 Å². The van der Waals surface area contributed by atoms with Crippen LogP contribution in [-0.4, -0.2) is 23.9 Å². The lowest BCUT2D eigenvalue weighted by Gasteiger charge is -2.20. The van der Waals surface area contributed by atoms with E-state index >= 15 is 0 Å². The number of hydrogen-bond donors (Lipinski definition) is 4. The fourth-order valence-electron chi connectivity index (χ4n) is 1.73. The molecular formula is C14H19ClN4O3. The van der Waals surface area contributed by atoms with E-state index in [2.05, 4.69) is 16.2 Å². The lowest BCUT2D eigenvalue weighted by atomic mass is 10.0. The monoisotopic (exact) mass is 326 g/mol. The molecule has 4 amide bonds. The zero-order chi connectivity index (χ0) is 16.7. The Labute approximate surface area is 133 Å². The summed E-state index contributed by atoms with van der Waals surface area (Å²) in [6, 6.07) is 5.16. The average molecular weight is 327 g/mol. The topological polar surface area (TPSA) is 113 Å². The van der Waals surface area contributed by atoms with Gasteiger partial charge >= 0.3 is 6.03 Å². The highest BCUT2D eigenvalue weighted by Gasteiger charge is 2.23. The molecule has 5 N–H and O–H groups in total. The second-order valence-electron chi connectivity index (χ2n) is 5.07. The normalized spacial score (nSPS) is 11.6. The Morgan fingerprint density at radius 2 is 1.73 bits per heavy atom. The standard InChI is InChI=1S/C14H19ClN4O3/c1-8(2)12(17-14(16)22)13(21)19-18-11(20)7-9-3-5-10(15)6-4-9/h3-6,8,12H,7H2,1-2H3,(H,18,20)(H,19,21)(H3,16,17,22). The number of hydrazine groups is 1. The summed E-state index contributed by atoms with van der Waals surface area (Å²) in [7, 11) is 0. The molecular weight excluding hydrogens is 308 g/mol. The first kappa shape index (κ1) is 17.8. The summed E-state index contributed by atoms with van der Waals surface area (Å²) in [5, 5.41) is 2.90. The van der Waals surface area contributed by atoms with Crippen LogP contribution in [-0.2, 0) is 16.0 Å². The van der Waals surface area contributed by atoms with Gasteiger partial charge in [0.15, 0.2) is 0 Å². The smallest absolute Gasteiger partial charge is 0.312 e. The molecule has 0 heterocycles. The maximum absolute atomic E-state index is 11.9. The number of halogens is 1. The van der Waals surface area contributed by atoms with Gasteiger partial charge in [0.25, 0.3) is 5.91 Å². The van der Waals surface area contributed by atoms with Gasteiger partial charge < -0.3 is 11.1 Å². The first-order chi connectivity index (χ1) is 10.3. The van der Waals surface area contributed by atoms with Crippen LogP contribution in [0.2, 0.25) is 5.02 Å². The Morgan fingerprint density at radius 1 is 1.14 bits per heavy atom. The van der Waals surface area contributed by atoms with Crippen LogP contribution < -0.4 is 21.9 Å². The summed E-state index contributed by atoms with van der Waals surface area (Å²) in [5.74, 6) is -1.11. The van der Waals surface area contributed by atoms with Crippen molar-refractivity contribution in [2.75, 3.05) is 0 Å². The Kier molecular flexibility index (Phi) is 6.65. The molecule has 0 fully saturated rings. The second-order valence-corrected chi connectivity index (χ2v) is 5.51. The van der Waals surface area contributed by atoms with Crippen molar-refractivity contribution in [2.45, 2.75) is 26.3 Å². The second kappa shape index (κ2) is 8.23. The number of nitrogens with two attached hydrogens (primary N) is 1. The van der Waals surface area contributed by atoms with Gasteiger partial charge in [-0.1, -0.05) is 37.6 Å². The molecule has 1 rings (SSSR count). The van der Waals surface area contributed by atoms with Gasteiger partial charge in [-0.3, -0.25) is 20.4 Å². The summed E-state index contributed by atoms with van der Waals surface area (Å²) in [5.41, 5.74) is 10.3. The molecule has 0 aliphatic rings. The summed E-state index contributed by atoms with van der Waals surface area (Å²) in [6.07, 6.45) is 0.0903. The van der Waals surface area contributed by atoms with Crippen molar-refractivity contribution in [3.8, 4) is 0 Å². The molecule has 22 heavy (non-hydrogen) atoms. The minimum atomic E-state index is -0.826. The molecule has 0 spiro atoms. The van der Waals surface area contributed by atoms with E-state index in [0.29, 0.717) is 5.02 Å². The average Bonchev–Trinajstić information content (AvgIpc) is 2.44. The van der Waals surface area contributed by atoms with E-state index in [4.69, 9.17) is 17.3 Å². The van der Waals surface area contributed by atoms with Crippen molar-refractivity contribution >= 4 is 29.4 Å². The molecule has 1 aromatic rings. The van der Waals surface area contributed by atoms with Gasteiger partial charge in [-0.25, -0.2) is 4.79 Å². The summed E-state index contributed by atoms with van der Waals surface area (Å²) in [4.78, 5) is 34.5. The van der Waals surface area contributed by atoms with Gasteiger partial charge in [0.2, 0.25) is 5.91 Å². The molecule has 7 nitrogen and oxygen atoms in total. The third-order valence-electron chi connectivity index (χ3n) is 2.85. The maximum atomic E-state index is 11.9. The highest BCUT2D eigenvalue weighted by Crippen LogP contribution is 2.09. The number of nitrogens with one attached hydrogen (secondary N) is 3. The van der Waals surface area contributed by atoms with Crippen LogP contribution in [0, 0.1) is 5.92 Å². The third kappa shape index (κ3) is 6.01. The molecule has 0 aromatic heterocycles. The van der Waals surface area contributed by atoms with Crippen LogP contribution in [0.4, 0.5) is 4.79 Å². The molecule has 0 aliphatic carbocycles. The van der Waals surface area contributed by atoms with Gasteiger partial charge in [-0.05, 0) is 23.6 Å². The van der Waals surface area contributed by atoms with Crippen molar-refractivity contribution in [1.82, 2.24) is 16.2 Å². The van der Waals surface area contributed by atoms with Crippen LogP contribution in [0.15, 0.2) is 24.3 Å². The number of primary amides is 1. The number of rotatable bonds is 5. The molecule has 0 aliphatic heterocycles. The van der Waals surface area contributed by atoms with E-state index in [9.17, 15) is 14.4 Å². The van der Waals surface area contributed by atoms with Crippen molar-refractivity contribution in [1.29, 1.82) is 0 Å². The molecule has 120 valence electrons. The number of urea groups is 1. The Balaban J connectivity index is 2.49. The molecule has 1 unspecified atom stereocenters. The van der Waals surface area contributed by atoms with E-state index in [1.807, 2.05) is 0 Å². The summed E-state index contributed by atoms with van der Waals surface area (Å²) in [6.45, 7) is 3.49. The molecule has 0 saturated heterocycles. The van der Waals surface area contributed by atoms with Gasteiger partial charge in [-0.2, -0.15) is 0 Å². The lowest BCUT2D eigenvalue weighted by molar-refractivity contribution is -0.130. The largest absolute Gasteiger partial charge is 0.352 e. The van der Waals surface area contributed by atoms with E-state index in [1.165, 1.54) is 0 Å². The zero-order valence-electron chi connectivity index (χ0n) is 12.4. The number of carbonyl (C=O) groups excluding carboxylic acids is 3. The molecule has 0 radical (unpaired) electrons. The van der Waals surface area contributed by atoms with E-state index in [1.54, 1.807) is 38.1 Å². The first-order valence-corrected chi connectivity index (χ1v) is 7.06. The number of hydrogen-bond acceptors (Lipinski definition) is 3. The van der Waals surface area contributed by atoms with Crippen LogP contribution >= 0.6 is 11.6 Å². The molecule has 1 aromatic carbocycles. The highest BCUT2D eigenvalue weighted by atomic mass is 35.5. The number of carbonyl (C=O) groups is 3. The van der Waals surface area contributed by atoms with E-state index in [0.717, 1.165) is 5.56 Å². The van der Waals surface area contributed by atoms with E-state index in [-0.39, 0.29) is 12.3 Å². The fraction of sp³-hybridized carbons (Fsp3) is 0.357. The number of amides is 4. The molecule has 0 saturated carbocycles. The predicted molar refractivity (Wildman–Crippen MR) is 82.8 cm³/mol. The van der Waals surface area contributed by atoms with Gasteiger partial charge in [0, 0.05) is 5.02 Å². The molecule has 8 heteroatoms. The zero-order valence-corrected chi connectivity index (χ0v) is 13.1. The minimum absolute atomic E-state index is 0.0903. The van der Waals surface area contributed by atoms with Crippen molar-refractivity contribution in [2.24, 2.45) is 11.7 Å². The Bertz CT molecular complexity index is 546. The number of benzene rings is 1. The summed E-state index contributed by atoms with van der Waals surface area (Å²) < 4.78 is 0. The van der Waals surface area contributed by atoms with Crippen LogP contribution in [0.5, 0.6) is 0 Å². The summed E-state index contributed by atoms with van der Waals surface area (Å²) >= 11 is 5.75. The quantitative estimate of drug-likeness (QED) is 0.598. The van der Waals surface area contributed by atoms with Gasteiger partial charge in [0.1, 0.15) is 6.04 Å². The van der Waals surface area contributed by atoms with Crippen molar-refractivity contribution < 1.29 is 14.4 Å². The van der Waals surface area contributed by atoms with Crippen molar-refractivity contribution in [3.05, 3.63) is 34.9 Å². The minimum Gasteiger partial charge on any atom is -0.352 e. The Morgan fingerprint density at radius 3 is 2.23 bits per heavy atom. The first-order valence-electron chi connectivity index (χ1n) is 6.68. The lowest BCUT2D eigenvalue weighted by Crippen LogP contribution is -2.55. The maximum Gasteiger partial charge on any atom is 0.312 e.